The number of nitrogens with zero attached hydrogens (tertiary/aromatic N) is 5. The molecule has 0 radical (unpaired) electrons. The Morgan fingerprint density at radius 1 is 1.44 bits per heavy atom. The Hall–Kier alpha value is -1.14. The van der Waals surface area contributed by atoms with Gasteiger partial charge in [-0.15, -0.1) is 10.2 Å². The molecule has 0 saturated heterocycles. The van der Waals surface area contributed by atoms with Crippen LogP contribution in [0.1, 0.15) is 11.5 Å². The van der Waals surface area contributed by atoms with Gasteiger partial charge in [-0.3, -0.25) is 0 Å². The number of thioether (sulfide) groups is 1. The van der Waals surface area contributed by atoms with Crippen LogP contribution < -0.4 is 0 Å². The number of aromatic nitrogens is 5. The summed E-state index contributed by atoms with van der Waals surface area (Å²) in [6.07, 6.45) is 1.66. The van der Waals surface area contributed by atoms with Gasteiger partial charge in [-0.25, -0.2) is 9.97 Å². The third-order valence-corrected chi connectivity index (χ3v) is 3.09. The minimum atomic E-state index is 0.473. The van der Waals surface area contributed by atoms with Crippen molar-refractivity contribution in [2.24, 2.45) is 7.05 Å². The summed E-state index contributed by atoms with van der Waals surface area (Å²) in [5.41, 5.74) is 0.869. The molecule has 2 heterocycles. The lowest BCUT2D eigenvalue weighted by Crippen LogP contribution is -1.96. The maximum absolute atomic E-state index is 5.85. The zero-order valence-electron chi connectivity index (χ0n) is 8.88. The highest BCUT2D eigenvalue weighted by Gasteiger charge is 2.05. The first kappa shape index (κ1) is 11.3. The molecular weight excluding hydrogens is 246 g/mol. The third-order valence-electron chi connectivity index (χ3n) is 1.87. The Morgan fingerprint density at radius 2 is 2.25 bits per heavy atom. The van der Waals surface area contributed by atoms with Gasteiger partial charge >= 0.3 is 0 Å². The number of hydrogen-bond donors (Lipinski definition) is 0. The molecule has 0 N–H and O–H groups in total. The van der Waals surface area contributed by atoms with Gasteiger partial charge in [-0.1, -0.05) is 23.4 Å². The fourth-order valence-electron chi connectivity index (χ4n) is 1.19. The molecular formula is C9H10ClN5S. The summed E-state index contributed by atoms with van der Waals surface area (Å²) in [5.74, 6) is 1.34. The zero-order valence-corrected chi connectivity index (χ0v) is 10.5. The quantitative estimate of drug-likeness (QED) is 0.619. The molecule has 16 heavy (non-hydrogen) atoms. The van der Waals surface area contributed by atoms with Gasteiger partial charge in [0.1, 0.15) is 17.3 Å². The average Bonchev–Trinajstić information content (AvgIpc) is 2.59. The van der Waals surface area contributed by atoms with Crippen LogP contribution in [0.3, 0.4) is 0 Å². The van der Waals surface area contributed by atoms with Crippen LogP contribution >= 0.6 is 23.4 Å². The van der Waals surface area contributed by atoms with Gasteiger partial charge in [0, 0.05) is 12.7 Å². The molecule has 2 aromatic rings. The van der Waals surface area contributed by atoms with Crippen LogP contribution in [0.25, 0.3) is 0 Å². The van der Waals surface area contributed by atoms with E-state index in [0.717, 1.165) is 10.9 Å². The molecule has 0 spiro atoms. The smallest absolute Gasteiger partial charge is 0.191 e. The van der Waals surface area contributed by atoms with Gasteiger partial charge in [0.2, 0.25) is 0 Å². The van der Waals surface area contributed by atoms with Crippen molar-refractivity contribution < 1.29 is 0 Å². The van der Waals surface area contributed by atoms with E-state index in [2.05, 4.69) is 20.2 Å². The average molecular weight is 256 g/mol. The second kappa shape index (κ2) is 4.80. The Morgan fingerprint density at radius 3 is 2.88 bits per heavy atom. The summed E-state index contributed by atoms with van der Waals surface area (Å²) in [4.78, 5) is 8.43. The SMILES string of the molecule is Cc1cc(Cl)nc(CSc2nncn2C)n1. The first-order valence-corrected chi connectivity index (χ1v) is 5.98. The Kier molecular flexibility index (Phi) is 3.40. The van der Waals surface area contributed by atoms with Crippen molar-refractivity contribution in [2.75, 3.05) is 0 Å². The van der Waals surface area contributed by atoms with Crippen LogP contribution in [0, 0.1) is 6.92 Å². The van der Waals surface area contributed by atoms with Gasteiger partial charge in [-0.2, -0.15) is 0 Å². The largest absolute Gasteiger partial charge is 0.312 e. The van der Waals surface area contributed by atoms with E-state index in [1.54, 1.807) is 12.4 Å². The number of halogens is 1. The van der Waals surface area contributed by atoms with E-state index >= 15 is 0 Å². The van der Waals surface area contributed by atoms with Gasteiger partial charge < -0.3 is 4.57 Å². The van der Waals surface area contributed by atoms with E-state index in [9.17, 15) is 0 Å². The highest BCUT2D eigenvalue weighted by Crippen LogP contribution is 2.18. The molecule has 0 aliphatic rings. The number of rotatable bonds is 3. The lowest BCUT2D eigenvalue weighted by molar-refractivity contribution is 0.787. The zero-order chi connectivity index (χ0) is 11.5. The predicted octanol–water partition coefficient (Wildman–Crippen LogP) is 1.86. The standard InChI is InChI=1S/C9H10ClN5S/c1-6-3-7(10)13-8(12-6)4-16-9-14-11-5-15(9)2/h3,5H,4H2,1-2H3. The molecule has 0 amide bonds. The monoisotopic (exact) mass is 255 g/mol. The summed E-state index contributed by atoms with van der Waals surface area (Å²) in [5, 5.41) is 9.07. The molecule has 0 saturated carbocycles. The predicted molar refractivity (Wildman–Crippen MR) is 62.3 cm³/mol. The minimum absolute atomic E-state index is 0.473. The molecule has 0 unspecified atom stereocenters. The van der Waals surface area contributed by atoms with E-state index < -0.39 is 0 Å². The Balaban J connectivity index is 2.07. The summed E-state index contributed by atoms with van der Waals surface area (Å²) >= 11 is 7.38. The fraction of sp³-hybridized carbons (Fsp3) is 0.333. The summed E-state index contributed by atoms with van der Waals surface area (Å²) in [7, 11) is 1.90. The Bertz CT molecular complexity index is 478. The molecule has 0 aromatic carbocycles. The lowest BCUT2D eigenvalue weighted by Gasteiger charge is -2.01. The van der Waals surface area contributed by atoms with Gasteiger partial charge in [0.05, 0.1) is 5.75 Å². The van der Waals surface area contributed by atoms with Crippen molar-refractivity contribution in [3.8, 4) is 0 Å². The molecule has 0 atom stereocenters. The number of aryl methyl sites for hydroxylation is 2. The van der Waals surface area contributed by atoms with Crippen molar-refractivity contribution in [1.29, 1.82) is 0 Å². The Labute approximate surface area is 102 Å². The molecule has 5 nitrogen and oxygen atoms in total. The molecule has 7 heteroatoms. The van der Waals surface area contributed by atoms with Gasteiger partial charge in [0.25, 0.3) is 0 Å². The molecule has 0 bridgehead atoms. The highest BCUT2D eigenvalue weighted by molar-refractivity contribution is 7.98. The van der Waals surface area contributed by atoms with Crippen LogP contribution in [0.15, 0.2) is 17.6 Å². The minimum Gasteiger partial charge on any atom is -0.312 e. The van der Waals surface area contributed by atoms with Crippen molar-refractivity contribution in [3.05, 3.63) is 29.1 Å². The molecule has 2 aromatic heterocycles. The second-order valence-corrected chi connectivity index (χ2v) is 4.59. The van der Waals surface area contributed by atoms with E-state index in [1.807, 2.05) is 18.5 Å². The highest BCUT2D eigenvalue weighted by atomic mass is 35.5. The first-order chi connectivity index (χ1) is 7.65. The van der Waals surface area contributed by atoms with E-state index in [1.165, 1.54) is 11.8 Å². The topological polar surface area (TPSA) is 56.5 Å². The summed E-state index contributed by atoms with van der Waals surface area (Å²) in [6.45, 7) is 1.89. The molecule has 0 aliphatic heterocycles. The molecule has 0 aliphatic carbocycles. The van der Waals surface area contributed by atoms with Crippen LogP contribution in [0.2, 0.25) is 5.15 Å². The number of hydrogen-bond acceptors (Lipinski definition) is 5. The van der Waals surface area contributed by atoms with E-state index in [-0.39, 0.29) is 0 Å². The summed E-state index contributed by atoms with van der Waals surface area (Å²) in [6, 6.07) is 1.73. The second-order valence-electron chi connectivity index (χ2n) is 3.26. The van der Waals surface area contributed by atoms with Crippen LogP contribution in [-0.4, -0.2) is 24.7 Å². The first-order valence-electron chi connectivity index (χ1n) is 4.62. The lowest BCUT2D eigenvalue weighted by atomic mass is 10.4. The maximum Gasteiger partial charge on any atom is 0.191 e. The fourth-order valence-corrected chi connectivity index (χ4v) is 2.18. The maximum atomic E-state index is 5.85. The molecule has 0 fully saturated rings. The van der Waals surface area contributed by atoms with Gasteiger partial charge in [0.15, 0.2) is 5.16 Å². The van der Waals surface area contributed by atoms with Crippen molar-refractivity contribution >= 4 is 23.4 Å². The normalized spacial score (nSPS) is 10.7. The third kappa shape index (κ3) is 2.70. The summed E-state index contributed by atoms with van der Waals surface area (Å²) < 4.78 is 1.85. The molecule has 84 valence electrons. The molecule has 2 rings (SSSR count). The van der Waals surface area contributed by atoms with Crippen molar-refractivity contribution in [2.45, 2.75) is 17.8 Å². The van der Waals surface area contributed by atoms with E-state index in [4.69, 9.17) is 11.6 Å². The van der Waals surface area contributed by atoms with Crippen LogP contribution in [0.5, 0.6) is 0 Å². The van der Waals surface area contributed by atoms with Crippen LogP contribution in [-0.2, 0) is 12.8 Å². The van der Waals surface area contributed by atoms with Gasteiger partial charge in [-0.05, 0) is 13.0 Å². The van der Waals surface area contributed by atoms with Crippen molar-refractivity contribution in [1.82, 2.24) is 24.7 Å². The van der Waals surface area contributed by atoms with Crippen LogP contribution in [0.4, 0.5) is 0 Å². The van der Waals surface area contributed by atoms with E-state index in [0.29, 0.717) is 16.7 Å². The van der Waals surface area contributed by atoms with Crippen molar-refractivity contribution in [3.63, 3.8) is 0 Å².